The normalized spacial score (nSPS) is 37.2. The highest BCUT2D eigenvalue weighted by atomic mass is 16.7. The predicted molar refractivity (Wildman–Crippen MR) is 118 cm³/mol. The molecule has 1 aliphatic heterocycles. The van der Waals surface area contributed by atoms with Crippen LogP contribution in [-0.2, 0) is 4.74 Å². The zero-order valence-electron chi connectivity index (χ0n) is 19.1. The fourth-order valence-electron chi connectivity index (χ4n) is 5.90. The van der Waals surface area contributed by atoms with Gasteiger partial charge in [-0.15, -0.1) is 0 Å². The van der Waals surface area contributed by atoms with E-state index in [1.165, 1.54) is 16.7 Å². The van der Waals surface area contributed by atoms with Crippen molar-refractivity contribution in [1.82, 2.24) is 0 Å². The van der Waals surface area contributed by atoms with Gasteiger partial charge in [0.25, 0.3) is 0 Å². The maximum Gasteiger partial charge on any atom is 0.229 e. The van der Waals surface area contributed by atoms with Crippen LogP contribution < -0.4 is 4.74 Å². The SMILES string of the molecule is CC(C)=C[C@H]1C[C@H](C)[C@H]2CC[C@H](C)c3c(O[C@H]4OC[C@H](O)[C@@H](O)[C@@H]4O)c(O)c(C)c1c32. The molecule has 3 aliphatic rings. The van der Waals surface area contributed by atoms with Crippen LogP contribution in [0.3, 0.4) is 0 Å². The summed E-state index contributed by atoms with van der Waals surface area (Å²) in [6.45, 7) is 10.5. The minimum Gasteiger partial charge on any atom is -0.504 e. The van der Waals surface area contributed by atoms with E-state index in [-0.39, 0.29) is 24.2 Å². The molecule has 172 valence electrons. The summed E-state index contributed by atoms with van der Waals surface area (Å²) in [6.07, 6.45) is 0.402. The van der Waals surface area contributed by atoms with Crippen LogP contribution in [0.15, 0.2) is 11.6 Å². The second-order valence-electron chi connectivity index (χ2n) is 10.1. The van der Waals surface area contributed by atoms with Crippen molar-refractivity contribution in [2.75, 3.05) is 6.61 Å². The first-order chi connectivity index (χ1) is 14.6. The van der Waals surface area contributed by atoms with Crippen molar-refractivity contribution in [1.29, 1.82) is 0 Å². The smallest absolute Gasteiger partial charge is 0.229 e. The van der Waals surface area contributed by atoms with Gasteiger partial charge in [-0.1, -0.05) is 25.5 Å². The van der Waals surface area contributed by atoms with E-state index in [4.69, 9.17) is 9.47 Å². The van der Waals surface area contributed by atoms with Gasteiger partial charge in [-0.25, -0.2) is 0 Å². The van der Waals surface area contributed by atoms with Crippen molar-refractivity contribution in [3.63, 3.8) is 0 Å². The average Bonchev–Trinajstić information content (AvgIpc) is 2.70. The molecule has 2 aliphatic carbocycles. The van der Waals surface area contributed by atoms with Crippen molar-refractivity contribution in [3.8, 4) is 11.5 Å². The average molecular weight is 433 g/mol. The molecule has 0 spiro atoms. The lowest BCUT2D eigenvalue weighted by Gasteiger charge is -2.44. The van der Waals surface area contributed by atoms with E-state index < -0.39 is 24.6 Å². The number of rotatable bonds is 3. The van der Waals surface area contributed by atoms with E-state index in [1.807, 2.05) is 6.92 Å². The van der Waals surface area contributed by atoms with Gasteiger partial charge in [0.1, 0.15) is 18.3 Å². The van der Waals surface area contributed by atoms with Gasteiger partial charge < -0.3 is 29.9 Å². The standard InChI is InChI=1S/C25H36O6/c1-11(2)8-15-9-13(4)16-7-6-12(3)18-20(16)19(15)14(5)21(27)24(18)31-25-23(29)22(28)17(26)10-30-25/h8,12-13,15-17,22-23,25-29H,6-7,9-10H2,1-5H3/t12-,13-,15-,16+,17-,22+,23-,25+/m0/s1. The molecule has 1 saturated heterocycles. The first-order valence-electron chi connectivity index (χ1n) is 11.5. The summed E-state index contributed by atoms with van der Waals surface area (Å²) in [7, 11) is 0. The van der Waals surface area contributed by atoms with Crippen LogP contribution in [-0.4, -0.2) is 51.6 Å². The summed E-state index contributed by atoms with van der Waals surface area (Å²) >= 11 is 0. The minimum absolute atomic E-state index is 0.0828. The molecule has 6 nitrogen and oxygen atoms in total. The van der Waals surface area contributed by atoms with E-state index in [9.17, 15) is 20.4 Å². The number of phenols is 1. The van der Waals surface area contributed by atoms with Crippen LogP contribution in [0.5, 0.6) is 11.5 Å². The molecular weight excluding hydrogens is 396 g/mol. The van der Waals surface area contributed by atoms with Crippen LogP contribution in [0.2, 0.25) is 0 Å². The maximum absolute atomic E-state index is 11.3. The van der Waals surface area contributed by atoms with Crippen molar-refractivity contribution in [3.05, 3.63) is 33.9 Å². The largest absolute Gasteiger partial charge is 0.504 e. The van der Waals surface area contributed by atoms with Crippen molar-refractivity contribution in [2.45, 2.75) is 96.2 Å². The third-order valence-corrected chi connectivity index (χ3v) is 7.48. The first-order valence-corrected chi connectivity index (χ1v) is 11.5. The van der Waals surface area contributed by atoms with Crippen molar-refractivity contribution < 1.29 is 29.9 Å². The first kappa shape index (κ1) is 22.6. The summed E-state index contributed by atoms with van der Waals surface area (Å²) in [5.74, 6) is 1.81. The van der Waals surface area contributed by atoms with Crippen LogP contribution in [0.4, 0.5) is 0 Å². The number of hydrogen-bond acceptors (Lipinski definition) is 6. The Morgan fingerprint density at radius 1 is 1.03 bits per heavy atom. The molecule has 1 aromatic carbocycles. The van der Waals surface area contributed by atoms with Crippen molar-refractivity contribution in [2.24, 2.45) is 5.92 Å². The maximum atomic E-state index is 11.3. The van der Waals surface area contributed by atoms with Gasteiger partial charge in [-0.05, 0) is 74.5 Å². The Bertz CT molecular complexity index is 873. The van der Waals surface area contributed by atoms with E-state index >= 15 is 0 Å². The number of aliphatic hydroxyl groups excluding tert-OH is 3. The lowest BCUT2D eigenvalue weighted by atomic mass is 9.62. The molecule has 6 heteroatoms. The molecule has 8 atom stereocenters. The Hall–Kier alpha value is -1.60. The monoisotopic (exact) mass is 432 g/mol. The van der Waals surface area contributed by atoms with Gasteiger partial charge in [-0.3, -0.25) is 0 Å². The lowest BCUT2D eigenvalue weighted by Crippen LogP contribution is -2.54. The number of benzene rings is 1. The van der Waals surface area contributed by atoms with Gasteiger partial charge in [0.15, 0.2) is 11.5 Å². The number of phenolic OH excluding ortho intramolecular Hbond substituents is 1. The Kier molecular flexibility index (Phi) is 6.12. The van der Waals surface area contributed by atoms with Crippen LogP contribution >= 0.6 is 0 Å². The van der Waals surface area contributed by atoms with E-state index in [0.29, 0.717) is 17.6 Å². The van der Waals surface area contributed by atoms with Gasteiger partial charge in [0.05, 0.1) is 6.61 Å². The molecule has 4 rings (SSSR count). The molecule has 0 radical (unpaired) electrons. The summed E-state index contributed by atoms with van der Waals surface area (Å²) in [5.41, 5.74) is 5.59. The zero-order chi connectivity index (χ0) is 22.6. The van der Waals surface area contributed by atoms with Gasteiger partial charge in [-0.2, -0.15) is 0 Å². The molecule has 0 aromatic heterocycles. The number of hydrogen-bond donors (Lipinski definition) is 4. The Labute approximate surface area is 184 Å². The molecule has 1 heterocycles. The van der Waals surface area contributed by atoms with Crippen LogP contribution in [0.25, 0.3) is 0 Å². The fourth-order valence-corrected chi connectivity index (χ4v) is 5.90. The predicted octanol–water partition coefficient (Wildman–Crippen LogP) is 3.59. The van der Waals surface area contributed by atoms with Gasteiger partial charge in [0.2, 0.25) is 6.29 Å². The van der Waals surface area contributed by atoms with E-state index in [0.717, 1.165) is 30.4 Å². The highest BCUT2D eigenvalue weighted by molar-refractivity contribution is 5.64. The third-order valence-electron chi connectivity index (χ3n) is 7.48. The highest BCUT2D eigenvalue weighted by Crippen LogP contribution is 2.58. The molecule has 1 fully saturated rings. The zero-order valence-corrected chi connectivity index (χ0v) is 19.1. The van der Waals surface area contributed by atoms with E-state index in [2.05, 4.69) is 33.8 Å². The summed E-state index contributed by atoms with van der Waals surface area (Å²) in [6, 6.07) is 0. The summed E-state index contributed by atoms with van der Waals surface area (Å²) in [4.78, 5) is 0. The fraction of sp³-hybridized carbons (Fsp3) is 0.680. The second kappa shape index (κ2) is 8.39. The molecule has 0 saturated carbocycles. The van der Waals surface area contributed by atoms with Crippen LogP contribution in [0.1, 0.15) is 87.0 Å². The third kappa shape index (κ3) is 3.78. The molecule has 31 heavy (non-hydrogen) atoms. The number of ether oxygens (including phenoxy) is 2. The summed E-state index contributed by atoms with van der Waals surface area (Å²) in [5, 5.41) is 41.5. The lowest BCUT2D eigenvalue weighted by molar-refractivity contribution is -0.242. The molecule has 4 N–H and O–H groups in total. The number of aliphatic hydroxyl groups is 3. The Morgan fingerprint density at radius 3 is 2.42 bits per heavy atom. The topological polar surface area (TPSA) is 99.4 Å². The second-order valence-corrected chi connectivity index (χ2v) is 10.1. The molecule has 0 unspecified atom stereocenters. The summed E-state index contributed by atoms with van der Waals surface area (Å²) < 4.78 is 11.6. The van der Waals surface area contributed by atoms with Crippen LogP contribution in [0, 0.1) is 12.8 Å². The quantitative estimate of drug-likeness (QED) is 0.545. The Morgan fingerprint density at radius 2 is 1.74 bits per heavy atom. The van der Waals surface area contributed by atoms with E-state index in [1.54, 1.807) is 0 Å². The molecule has 0 amide bonds. The minimum atomic E-state index is -1.40. The molecule has 0 bridgehead atoms. The van der Waals surface area contributed by atoms with Gasteiger partial charge in [0, 0.05) is 11.5 Å². The highest BCUT2D eigenvalue weighted by Gasteiger charge is 2.44. The molecular formula is C25H36O6. The number of aromatic hydroxyl groups is 1. The number of allylic oxidation sites excluding steroid dienone is 2. The Balaban J connectivity index is 1.86. The van der Waals surface area contributed by atoms with Crippen molar-refractivity contribution >= 4 is 0 Å². The molecule has 1 aromatic rings. The van der Waals surface area contributed by atoms with Gasteiger partial charge >= 0.3 is 0 Å².